The SMILES string of the molecule is CNCc1cc(N(C)c2ccc(C)cc2)ccn1. The summed E-state index contributed by atoms with van der Waals surface area (Å²) >= 11 is 0. The van der Waals surface area contributed by atoms with Gasteiger partial charge in [0.15, 0.2) is 0 Å². The number of anilines is 2. The summed E-state index contributed by atoms with van der Waals surface area (Å²) in [6, 6.07) is 12.7. The molecule has 0 aliphatic heterocycles. The predicted octanol–water partition coefficient (Wildman–Crippen LogP) is 2.88. The molecule has 0 spiro atoms. The standard InChI is InChI=1S/C15H19N3/c1-12-4-6-14(7-5-12)18(3)15-8-9-17-13(10-15)11-16-2/h4-10,16H,11H2,1-3H3. The van der Waals surface area contributed by atoms with Crippen LogP contribution in [0.5, 0.6) is 0 Å². The van der Waals surface area contributed by atoms with Gasteiger partial charge in [-0.25, -0.2) is 0 Å². The molecule has 0 unspecified atom stereocenters. The molecule has 0 aliphatic rings. The van der Waals surface area contributed by atoms with Gasteiger partial charge in [-0.2, -0.15) is 0 Å². The van der Waals surface area contributed by atoms with E-state index in [1.807, 2.05) is 19.3 Å². The van der Waals surface area contributed by atoms with Crippen LogP contribution in [0.3, 0.4) is 0 Å². The third-order valence-corrected chi connectivity index (χ3v) is 2.97. The van der Waals surface area contributed by atoms with E-state index in [1.165, 1.54) is 11.3 Å². The Bertz CT molecular complexity index is 505. The Hall–Kier alpha value is -1.87. The number of rotatable bonds is 4. The lowest BCUT2D eigenvalue weighted by Crippen LogP contribution is -2.12. The van der Waals surface area contributed by atoms with Crippen molar-refractivity contribution in [3.05, 3.63) is 53.9 Å². The van der Waals surface area contributed by atoms with Crippen LogP contribution in [0.1, 0.15) is 11.3 Å². The molecule has 3 heteroatoms. The molecule has 0 atom stereocenters. The molecule has 0 amide bonds. The summed E-state index contributed by atoms with van der Waals surface area (Å²) in [6.07, 6.45) is 1.85. The molecular formula is C15H19N3. The van der Waals surface area contributed by atoms with E-state index < -0.39 is 0 Å². The van der Waals surface area contributed by atoms with Gasteiger partial charge in [-0.15, -0.1) is 0 Å². The number of aromatic nitrogens is 1. The second-order valence-electron chi connectivity index (χ2n) is 4.43. The third-order valence-electron chi connectivity index (χ3n) is 2.97. The maximum Gasteiger partial charge on any atom is 0.0562 e. The van der Waals surface area contributed by atoms with Gasteiger partial charge in [0.2, 0.25) is 0 Å². The minimum absolute atomic E-state index is 0.787. The second kappa shape index (κ2) is 5.65. The molecule has 3 nitrogen and oxygen atoms in total. The largest absolute Gasteiger partial charge is 0.345 e. The molecule has 94 valence electrons. The average molecular weight is 241 g/mol. The predicted molar refractivity (Wildman–Crippen MR) is 76.2 cm³/mol. The fraction of sp³-hybridized carbons (Fsp3) is 0.267. The van der Waals surface area contributed by atoms with E-state index in [0.717, 1.165) is 17.9 Å². The molecule has 0 bridgehead atoms. The first-order valence-corrected chi connectivity index (χ1v) is 6.10. The van der Waals surface area contributed by atoms with Crippen molar-refractivity contribution in [1.82, 2.24) is 10.3 Å². The summed E-state index contributed by atoms with van der Waals surface area (Å²) in [5.41, 5.74) is 4.66. The highest BCUT2D eigenvalue weighted by molar-refractivity contribution is 5.62. The zero-order chi connectivity index (χ0) is 13.0. The van der Waals surface area contributed by atoms with Crippen LogP contribution in [0.4, 0.5) is 11.4 Å². The van der Waals surface area contributed by atoms with E-state index in [1.54, 1.807) is 0 Å². The number of nitrogens with one attached hydrogen (secondary N) is 1. The Kier molecular flexibility index (Phi) is 3.95. The van der Waals surface area contributed by atoms with Crippen LogP contribution in [-0.2, 0) is 6.54 Å². The second-order valence-corrected chi connectivity index (χ2v) is 4.43. The van der Waals surface area contributed by atoms with E-state index >= 15 is 0 Å². The molecule has 0 saturated heterocycles. The Morgan fingerprint density at radius 1 is 1.11 bits per heavy atom. The highest BCUT2D eigenvalue weighted by atomic mass is 15.1. The van der Waals surface area contributed by atoms with E-state index in [-0.39, 0.29) is 0 Å². The Balaban J connectivity index is 2.24. The molecule has 0 fully saturated rings. The molecule has 2 rings (SSSR count). The lowest BCUT2D eigenvalue weighted by atomic mass is 10.2. The summed E-state index contributed by atoms with van der Waals surface area (Å²) in [4.78, 5) is 6.50. The molecular weight excluding hydrogens is 222 g/mol. The molecule has 2 aromatic rings. The van der Waals surface area contributed by atoms with Crippen molar-refractivity contribution in [3.8, 4) is 0 Å². The number of benzene rings is 1. The Morgan fingerprint density at radius 2 is 1.83 bits per heavy atom. The van der Waals surface area contributed by atoms with Gasteiger partial charge in [0.25, 0.3) is 0 Å². The number of pyridine rings is 1. The first-order valence-electron chi connectivity index (χ1n) is 6.10. The van der Waals surface area contributed by atoms with E-state index in [0.29, 0.717) is 0 Å². The van der Waals surface area contributed by atoms with Crippen LogP contribution in [0, 0.1) is 6.92 Å². The van der Waals surface area contributed by atoms with E-state index in [4.69, 9.17) is 0 Å². The van der Waals surface area contributed by atoms with Crippen LogP contribution in [-0.4, -0.2) is 19.1 Å². The van der Waals surface area contributed by atoms with Crippen molar-refractivity contribution in [2.75, 3.05) is 19.0 Å². The van der Waals surface area contributed by atoms with Crippen LogP contribution < -0.4 is 10.2 Å². The van der Waals surface area contributed by atoms with Crippen LogP contribution >= 0.6 is 0 Å². The Labute approximate surface area is 108 Å². The minimum Gasteiger partial charge on any atom is -0.345 e. The molecule has 1 aromatic heterocycles. The highest BCUT2D eigenvalue weighted by Crippen LogP contribution is 2.23. The first kappa shape index (κ1) is 12.6. The van der Waals surface area contributed by atoms with E-state index in [2.05, 4.69) is 59.5 Å². The zero-order valence-corrected chi connectivity index (χ0v) is 11.1. The summed E-state index contributed by atoms with van der Waals surface area (Å²) in [5.74, 6) is 0. The molecule has 1 N–H and O–H groups in total. The van der Waals surface area contributed by atoms with Crippen molar-refractivity contribution in [3.63, 3.8) is 0 Å². The molecule has 0 saturated carbocycles. The summed E-state index contributed by atoms with van der Waals surface area (Å²) < 4.78 is 0. The topological polar surface area (TPSA) is 28.2 Å². The maximum atomic E-state index is 4.33. The Morgan fingerprint density at radius 3 is 2.50 bits per heavy atom. The van der Waals surface area contributed by atoms with Crippen molar-refractivity contribution in [2.45, 2.75) is 13.5 Å². The van der Waals surface area contributed by atoms with Gasteiger partial charge in [0.05, 0.1) is 5.69 Å². The van der Waals surface area contributed by atoms with Gasteiger partial charge in [-0.05, 0) is 38.2 Å². The van der Waals surface area contributed by atoms with Gasteiger partial charge in [0.1, 0.15) is 0 Å². The first-order chi connectivity index (χ1) is 8.70. The fourth-order valence-electron chi connectivity index (χ4n) is 1.87. The fourth-order valence-corrected chi connectivity index (χ4v) is 1.87. The van der Waals surface area contributed by atoms with Gasteiger partial charge in [-0.1, -0.05) is 17.7 Å². The van der Waals surface area contributed by atoms with Crippen LogP contribution in [0.25, 0.3) is 0 Å². The van der Waals surface area contributed by atoms with Crippen molar-refractivity contribution < 1.29 is 0 Å². The number of aryl methyl sites for hydroxylation is 1. The van der Waals surface area contributed by atoms with Crippen molar-refractivity contribution in [2.24, 2.45) is 0 Å². The summed E-state index contributed by atoms with van der Waals surface area (Å²) in [7, 11) is 4.00. The zero-order valence-electron chi connectivity index (χ0n) is 11.1. The maximum absolute atomic E-state index is 4.33. The average Bonchev–Trinajstić information content (AvgIpc) is 2.39. The summed E-state index contributed by atoms with van der Waals surface area (Å²) in [6.45, 7) is 2.89. The quantitative estimate of drug-likeness (QED) is 0.892. The van der Waals surface area contributed by atoms with Crippen LogP contribution in [0.15, 0.2) is 42.6 Å². The smallest absolute Gasteiger partial charge is 0.0562 e. The van der Waals surface area contributed by atoms with Gasteiger partial charge < -0.3 is 10.2 Å². The molecule has 1 aromatic carbocycles. The molecule has 1 heterocycles. The molecule has 0 aliphatic carbocycles. The number of hydrogen-bond donors (Lipinski definition) is 1. The van der Waals surface area contributed by atoms with Crippen molar-refractivity contribution >= 4 is 11.4 Å². The molecule has 0 radical (unpaired) electrons. The van der Waals surface area contributed by atoms with Gasteiger partial charge in [-0.3, -0.25) is 4.98 Å². The van der Waals surface area contributed by atoms with Gasteiger partial charge in [0, 0.05) is 31.2 Å². The number of hydrogen-bond acceptors (Lipinski definition) is 3. The lowest BCUT2D eigenvalue weighted by Gasteiger charge is -2.20. The third kappa shape index (κ3) is 2.87. The lowest BCUT2D eigenvalue weighted by molar-refractivity contribution is 0.791. The highest BCUT2D eigenvalue weighted by Gasteiger charge is 2.04. The minimum atomic E-state index is 0.787. The molecule has 18 heavy (non-hydrogen) atoms. The summed E-state index contributed by atoms with van der Waals surface area (Å²) in [5, 5.41) is 3.12. The van der Waals surface area contributed by atoms with Crippen LogP contribution in [0.2, 0.25) is 0 Å². The van der Waals surface area contributed by atoms with E-state index in [9.17, 15) is 0 Å². The van der Waals surface area contributed by atoms with Crippen molar-refractivity contribution in [1.29, 1.82) is 0 Å². The normalized spacial score (nSPS) is 10.4. The number of nitrogens with zero attached hydrogens (tertiary/aromatic N) is 2. The van der Waals surface area contributed by atoms with Gasteiger partial charge >= 0.3 is 0 Å². The monoisotopic (exact) mass is 241 g/mol.